The van der Waals surface area contributed by atoms with E-state index >= 15 is 0 Å². The summed E-state index contributed by atoms with van der Waals surface area (Å²) in [6.45, 7) is 2.98. The summed E-state index contributed by atoms with van der Waals surface area (Å²) in [6, 6.07) is 7.47. The van der Waals surface area contributed by atoms with Crippen LogP contribution < -0.4 is 15.2 Å². The average molecular weight is 223 g/mol. The molecule has 0 aliphatic carbocycles. The van der Waals surface area contributed by atoms with Gasteiger partial charge >= 0.3 is 0 Å². The minimum atomic E-state index is -0.304. The first-order chi connectivity index (χ1) is 7.74. The van der Waals surface area contributed by atoms with Gasteiger partial charge < -0.3 is 15.2 Å². The fourth-order valence-electron chi connectivity index (χ4n) is 1.27. The fraction of sp³-hybridized carbons (Fsp3) is 0.417. The number of carbonyl (C=O) groups excluding carboxylic acids is 1. The van der Waals surface area contributed by atoms with Crippen LogP contribution in [0.2, 0.25) is 0 Å². The summed E-state index contributed by atoms with van der Waals surface area (Å²) in [4.78, 5) is 10.5. The van der Waals surface area contributed by atoms with Gasteiger partial charge in [-0.25, -0.2) is 0 Å². The maximum atomic E-state index is 10.5. The molecule has 1 rings (SSSR count). The Bertz CT molecular complexity index is 339. The van der Waals surface area contributed by atoms with Crippen molar-refractivity contribution in [2.75, 3.05) is 13.2 Å². The molecule has 0 spiro atoms. The largest absolute Gasteiger partial charge is 0.490 e. The second-order valence-corrected chi connectivity index (χ2v) is 3.30. The SMILES string of the molecule is CCOc1ccccc1OCCCC(N)=O. The molecular formula is C12H17NO3. The summed E-state index contributed by atoms with van der Waals surface area (Å²) in [5.41, 5.74) is 5.03. The van der Waals surface area contributed by atoms with Crippen molar-refractivity contribution in [2.24, 2.45) is 5.73 Å². The topological polar surface area (TPSA) is 61.6 Å². The number of benzene rings is 1. The van der Waals surface area contributed by atoms with Crippen LogP contribution in [0.15, 0.2) is 24.3 Å². The number of carbonyl (C=O) groups is 1. The highest BCUT2D eigenvalue weighted by molar-refractivity contribution is 5.73. The maximum Gasteiger partial charge on any atom is 0.217 e. The summed E-state index contributed by atoms with van der Waals surface area (Å²) in [5, 5.41) is 0. The molecule has 0 aliphatic heterocycles. The zero-order chi connectivity index (χ0) is 11.8. The molecule has 0 saturated heterocycles. The third-order valence-corrected chi connectivity index (χ3v) is 1.97. The molecule has 2 N–H and O–H groups in total. The van der Waals surface area contributed by atoms with E-state index in [4.69, 9.17) is 15.2 Å². The molecule has 1 amide bonds. The van der Waals surface area contributed by atoms with Gasteiger partial charge in [-0.1, -0.05) is 12.1 Å². The van der Waals surface area contributed by atoms with Gasteiger partial charge in [-0.2, -0.15) is 0 Å². The van der Waals surface area contributed by atoms with Crippen LogP contribution in [0.4, 0.5) is 0 Å². The molecule has 0 saturated carbocycles. The number of hydrogen-bond donors (Lipinski definition) is 1. The van der Waals surface area contributed by atoms with Gasteiger partial charge in [-0.15, -0.1) is 0 Å². The van der Waals surface area contributed by atoms with Gasteiger partial charge in [0, 0.05) is 6.42 Å². The molecule has 0 bridgehead atoms. The van der Waals surface area contributed by atoms with Crippen molar-refractivity contribution in [2.45, 2.75) is 19.8 Å². The zero-order valence-electron chi connectivity index (χ0n) is 9.44. The van der Waals surface area contributed by atoms with Gasteiger partial charge in [0.25, 0.3) is 0 Å². The Labute approximate surface area is 95.3 Å². The normalized spacial score (nSPS) is 9.81. The van der Waals surface area contributed by atoms with Crippen molar-refractivity contribution in [3.63, 3.8) is 0 Å². The molecule has 4 heteroatoms. The van der Waals surface area contributed by atoms with Gasteiger partial charge in [0.15, 0.2) is 11.5 Å². The van der Waals surface area contributed by atoms with Crippen LogP contribution in [-0.4, -0.2) is 19.1 Å². The predicted octanol–water partition coefficient (Wildman–Crippen LogP) is 1.73. The Kier molecular flexibility index (Phi) is 5.19. The summed E-state index contributed by atoms with van der Waals surface area (Å²) in [6.07, 6.45) is 0.965. The molecular weight excluding hydrogens is 206 g/mol. The molecule has 1 aromatic carbocycles. The highest BCUT2D eigenvalue weighted by atomic mass is 16.5. The van der Waals surface area contributed by atoms with Crippen LogP contribution in [0.3, 0.4) is 0 Å². The van der Waals surface area contributed by atoms with E-state index in [1.807, 2.05) is 31.2 Å². The monoisotopic (exact) mass is 223 g/mol. The number of rotatable bonds is 7. The average Bonchev–Trinajstić information content (AvgIpc) is 2.26. The molecule has 0 unspecified atom stereocenters. The minimum absolute atomic E-state index is 0.304. The van der Waals surface area contributed by atoms with Crippen LogP contribution in [-0.2, 0) is 4.79 Å². The summed E-state index contributed by atoms with van der Waals surface area (Å²) < 4.78 is 10.9. The van der Waals surface area contributed by atoms with Crippen molar-refractivity contribution in [1.29, 1.82) is 0 Å². The third kappa shape index (κ3) is 4.21. The maximum absolute atomic E-state index is 10.5. The molecule has 0 atom stereocenters. The fourth-order valence-corrected chi connectivity index (χ4v) is 1.27. The molecule has 4 nitrogen and oxygen atoms in total. The van der Waals surface area contributed by atoms with Crippen molar-refractivity contribution in [3.8, 4) is 11.5 Å². The van der Waals surface area contributed by atoms with E-state index in [-0.39, 0.29) is 5.91 Å². The third-order valence-electron chi connectivity index (χ3n) is 1.97. The van der Waals surface area contributed by atoms with E-state index < -0.39 is 0 Å². The second kappa shape index (κ2) is 6.71. The van der Waals surface area contributed by atoms with Gasteiger partial charge in [0.05, 0.1) is 13.2 Å². The van der Waals surface area contributed by atoms with Crippen molar-refractivity contribution >= 4 is 5.91 Å². The van der Waals surface area contributed by atoms with Gasteiger partial charge in [-0.05, 0) is 25.5 Å². The van der Waals surface area contributed by atoms with Crippen LogP contribution in [0.1, 0.15) is 19.8 Å². The van der Waals surface area contributed by atoms with Crippen molar-refractivity contribution < 1.29 is 14.3 Å². The van der Waals surface area contributed by atoms with E-state index in [2.05, 4.69) is 0 Å². The predicted molar refractivity (Wildman–Crippen MR) is 61.5 cm³/mol. The molecule has 16 heavy (non-hydrogen) atoms. The van der Waals surface area contributed by atoms with Crippen LogP contribution in [0, 0.1) is 0 Å². The lowest BCUT2D eigenvalue weighted by Gasteiger charge is -2.10. The van der Waals surface area contributed by atoms with Crippen molar-refractivity contribution in [1.82, 2.24) is 0 Å². The highest BCUT2D eigenvalue weighted by Gasteiger charge is 2.03. The Morgan fingerprint density at radius 1 is 1.25 bits per heavy atom. The second-order valence-electron chi connectivity index (χ2n) is 3.30. The van der Waals surface area contributed by atoms with Crippen molar-refractivity contribution in [3.05, 3.63) is 24.3 Å². The van der Waals surface area contributed by atoms with E-state index in [1.165, 1.54) is 0 Å². The molecule has 88 valence electrons. The highest BCUT2D eigenvalue weighted by Crippen LogP contribution is 2.26. The molecule has 0 fully saturated rings. The number of para-hydroxylation sites is 2. The lowest BCUT2D eigenvalue weighted by Crippen LogP contribution is -2.12. The van der Waals surface area contributed by atoms with Crippen LogP contribution in [0.5, 0.6) is 11.5 Å². The smallest absolute Gasteiger partial charge is 0.217 e. The Balaban J connectivity index is 2.43. The lowest BCUT2D eigenvalue weighted by molar-refractivity contribution is -0.118. The Hall–Kier alpha value is -1.71. The molecule has 0 aliphatic rings. The van der Waals surface area contributed by atoms with E-state index in [1.54, 1.807) is 0 Å². The zero-order valence-corrected chi connectivity index (χ0v) is 9.44. The summed E-state index contributed by atoms with van der Waals surface area (Å²) in [5.74, 6) is 1.12. The lowest BCUT2D eigenvalue weighted by atomic mass is 10.3. The van der Waals surface area contributed by atoms with E-state index in [0.29, 0.717) is 31.8 Å². The Morgan fingerprint density at radius 2 is 1.88 bits per heavy atom. The number of primary amides is 1. The number of amides is 1. The summed E-state index contributed by atoms with van der Waals surface area (Å²) in [7, 11) is 0. The first-order valence-corrected chi connectivity index (χ1v) is 5.37. The van der Waals surface area contributed by atoms with Gasteiger partial charge in [-0.3, -0.25) is 4.79 Å². The first-order valence-electron chi connectivity index (χ1n) is 5.37. The van der Waals surface area contributed by atoms with Gasteiger partial charge in [0.2, 0.25) is 5.91 Å². The minimum Gasteiger partial charge on any atom is -0.490 e. The molecule has 0 heterocycles. The molecule has 0 radical (unpaired) electrons. The number of ether oxygens (including phenoxy) is 2. The summed E-state index contributed by atoms with van der Waals surface area (Å²) >= 11 is 0. The number of hydrogen-bond acceptors (Lipinski definition) is 3. The Morgan fingerprint density at radius 3 is 2.44 bits per heavy atom. The quantitative estimate of drug-likeness (QED) is 0.716. The molecule has 1 aromatic rings. The standard InChI is InChI=1S/C12H17NO3/c1-2-15-10-6-3-4-7-11(10)16-9-5-8-12(13)14/h3-4,6-7H,2,5,8-9H2,1H3,(H2,13,14). The number of nitrogens with two attached hydrogens (primary N) is 1. The van der Waals surface area contributed by atoms with Crippen LogP contribution in [0.25, 0.3) is 0 Å². The van der Waals surface area contributed by atoms with Gasteiger partial charge in [0.1, 0.15) is 0 Å². The first kappa shape index (κ1) is 12.4. The van der Waals surface area contributed by atoms with E-state index in [0.717, 1.165) is 5.75 Å². The van der Waals surface area contributed by atoms with E-state index in [9.17, 15) is 4.79 Å². The van der Waals surface area contributed by atoms with Crippen LogP contribution >= 0.6 is 0 Å². The molecule has 0 aromatic heterocycles.